The summed E-state index contributed by atoms with van der Waals surface area (Å²) in [5, 5.41) is 0. The van der Waals surface area contributed by atoms with Crippen molar-refractivity contribution in [3.8, 4) is 0 Å². The van der Waals surface area contributed by atoms with Gasteiger partial charge in [-0.15, -0.1) is 0 Å². The summed E-state index contributed by atoms with van der Waals surface area (Å²) in [6.45, 7) is 20.5. The fraction of sp³-hybridized carbons (Fsp3) is 0.616. The Morgan fingerprint density at radius 3 is 1.67 bits per heavy atom. The minimum atomic E-state index is -0.248. The van der Waals surface area contributed by atoms with Gasteiger partial charge in [0.25, 0.3) is 5.91 Å². The number of carbonyl (C=O) groups is 4. The Morgan fingerprint density at radius 2 is 1.10 bits per heavy atom. The van der Waals surface area contributed by atoms with Crippen LogP contribution in [0.25, 0.3) is 0 Å². The highest BCUT2D eigenvalue weighted by Gasteiger charge is 2.53. The Balaban J connectivity index is 0.000000123. The highest BCUT2D eigenvalue weighted by Crippen LogP contribution is 2.54. The van der Waals surface area contributed by atoms with E-state index in [-0.39, 0.29) is 45.8 Å². The lowest BCUT2D eigenvalue weighted by Crippen LogP contribution is -2.52. The highest BCUT2D eigenvalue weighted by molar-refractivity contribution is 6.08. The highest BCUT2D eigenvalue weighted by atomic mass is 19.1. The fourth-order valence-corrected chi connectivity index (χ4v) is 18.5. The molecule has 3 spiro atoms. The van der Waals surface area contributed by atoms with Crippen LogP contribution in [-0.4, -0.2) is 140 Å². The van der Waals surface area contributed by atoms with Crippen molar-refractivity contribution in [1.82, 2.24) is 19.6 Å². The lowest BCUT2D eigenvalue weighted by Gasteiger charge is -2.46. The van der Waals surface area contributed by atoms with Gasteiger partial charge in [0.1, 0.15) is 11.6 Å². The summed E-state index contributed by atoms with van der Waals surface area (Å²) in [5.74, 6) is 3.11. The number of anilines is 3. The third-order valence-corrected chi connectivity index (χ3v) is 23.7. The first-order valence-electron chi connectivity index (χ1n) is 33.9. The molecule has 2 bridgehead atoms. The normalized spacial score (nSPS) is 27.1. The second kappa shape index (κ2) is 24.6. The van der Waals surface area contributed by atoms with Crippen LogP contribution < -0.4 is 14.7 Å². The molecule has 0 N–H and O–H groups in total. The standard InChI is InChI=1S/C28H34FN3O3.C24H32N2O.C21H29FN2O/c1-3-35-27(34)31-14-10-22(11-15-31)30-16-12-28(13-17-30)19-32(25-9-8-21(29)18-24(25)28)26(33)23-7-5-4-6-20(23)2;1-16-2-7-21-20(12-16)24(15-26(21)23(27)18-5-6-18)8-10-25(11-9-24)22-14-17-3-4-19(22)13-17;1-15-5-3-4-6-19(15)23-11-9-21(10-12-23)14-24(16(2)25)20-8-7-17(22)13-18(20)21/h4-9,18,22H,3,10-17,19H2,1-2H3;2,7,12,17-19,22H,3-6,8-11,13-15H2,1H3;7-8,13,15,19H,3-6,9-12,14H2,1-2H3. The van der Waals surface area contributed by atoms with Crippen LogP contribution in [0.1, 0.15) is 175 Å². The zero-order valence-electron chi connectivity index (χ0n) is 52.7. The molecule has 14 heteroatoms. The van der Waals surface area contributed by atoms with Gasteiger partial charge in [0, 0.05) is 103 Å². The Labute approximate surface area is 516 Å². The SMILES string of the molecule is CC(=O)N1CC2(CCN(C3CCCCC3C)CC2)c2cc(F)ccc21.CCOC(=O)N1CCC(N2CCC3(CC2)CN(C(=O)c2ccccc2C)c2ccc(F)cc23)CC1.Cc1ccc2c(c1)C1(CCN(C3CC4CCC3C4)CC1)CN2C(=O)C1CC1. The van der Waals surface area contributed by atoms with Gasteiger partial charge in [0.15, 0.2) is 0 Å². The molecule has 4 saturated carbocycles. The molecule has 87 heavy (non-hydrogen) atoms. The number of amides is 4. The minimum absolute atomic E-state index is 0.0124. The van der Waals surface area contributed by atoms with Gasteiger partial charge in [-0.3, -0.25) is 14.4 Å². The lowest BCUT2D eigenvalue weighted by atomic mass is 9.73. The van der Waals surface area contributed by atoms with Crippen LogP contribution in [0.4, 0.5) is 30.6 Å². The number of carbonyl (C=O) groups excluding carboxylic acids is 4. The number of halogens is 2. The molecular weight excluding hydrogens is 1090 g/mol. The van der Waals surface area contributed by atoms with E-state index in [2.05, 4.69) is 51.6 Å². The summed E-state index contributed by atoms with van der Waals surface area (Å²) in [5.41, 5.74) is 9.41. The number of hydrogen-bond donors (Lipinski definition) is 0. The molecule has 7 aliphatic heterocycles. The first kappa shape index (κ1) is 60.2. The molecule has 4 amide bonds. The molecule has 0 aromatic heterocycles. The van der Waals surface area contributed by atoms with Crippen LogP contribution in [0, 0.1) is 49.2 Å². The second-order valence-electron chi connectivity index (χ2n) is 28.8. The molecule has 11 aliphatic rings. The van der Waals surface area contributed by atoms with Crippen molar-refractivity contribution in [3.05, 3.63) is 124 Å². The number of nitrogens with zero attached hydrogens (tertiary/aromatic N) is 7. The largest absolute Gasteiger partial charge is 0.450 e. The van der Waals surface area contributed by atoms with E-state index in [1.54, 1.807) is 36.1 Å². The summed E-state index contributed by atoms with van der Waals surface area (Å²) in [6.07, 6.45) is 21.4. The average Bonchev–Trinajstić information content (AvgIpc) is 1.64. The van der Waals surface area contributed by atoms with Crippen LogP contribution in [0.2, 0.25) is 0 Å². The average molecular weight is 1190 g/mol. The number of hydrogen-bond acceptors (Lipinski definition) is 8. The smallest absolute Gasteiger partial charge is 0.409 e. The van der Waals surface area contributed by atoms with Gasteiger partial charge in [0.2, 0.25) is 11.8 Å². The number of rotatable bonds is 6. The molecule has 466 valence electrons. The van der Waals surface area contributed by atoms with Gasteiger partial charge in [-0.05, 0) is 245 Å². The zero-order valence-corrected chi connectivity index (χ0v) is 52.7. The van der Waals surface area contributed by atoms with Gasteiger partial charge in [-0.1, -0.05) is 62.1 Å². The van der Waals surface area contributed by atoms with Crippen molar-refractivity contribution in [2.45, 2.75) is 185 Å². The quantitative estimate of drug-likeness (QED) is 0.188. The fourth-order valence-electron chi connectivity index (χ4n) is 18.5. The Kier molecular flexibility index (Phi) is 17.0. The van der Waals surface area contributed by atoms with Gasteiger partial charge in [-0.2, -0.15) is 0 Å². The Hall–Kier alpha value is -5.70. The van der Waals surface area contributed by atoms with E-state index in [9.17, 15) is 28.0 Å². The van der Waals surface area contributed by atoms with Crippen molar-refractivity contribution >= 4 is 40.9 Å². The van der Waals surface area contributed by atoms with E-state index in [1.807, 2.05) is 47.9 Å². The third-order valence-electron chi connectivity index (χ3n) is 23.7. The van der Waals surface area contributed by atoms with Crippen molar-refractivity contribution < 1.29 is 32.7 Å². The number of likely N-dealkylation sites (tertiary alicyclic amines) is 4. The number of aryl methyl sites for hydroxylation is 2. The van der Waals surface area contributed by atoms with Crippen molar-refractivity contribution in [1.29, 1.82) is 0 Å². The molecule has 4 aliphatic carbocycles. The summed E-state index contributed by atoms with van der Waals surface area (Å²) in [4.78, 5) is 66.4. The third kappa shape index (κ3) is 11.7. The van der Waals surface area contributed by atoms with E-state index in [1.165, 1.54) is 106 Å². The van der Waals surface area contributed by atoms with Crippen LogP contribution in [0.5, 0.6) is 0 Å². The van der Waals surface area contributed by atoms with E-state index in [0.29, 0.717) is 42.6 Å². The molecule has 4 saturated heterocycles. The maximum absolute atomic E-state index is 14.4. The predicted molar refractivity (Wildman–Crippen MR) is 340 cm³/mol. The number of piperidine rings is 4. The monoisotopic (exact) mass is 1190 g/mol. The molecule has 12 nitrogen and oxygen atoms in total. The van der Waals surface area contributed by atoms with E-state index in [0.717, 1.165) is 156 Å². The molecule has 5 unspecified atom stereocenters. The van der Waals surface area contributed by atoms with E-state index in [4.69, 9.17) is 4.74 Å². The molecule has 8 fully saturated rings. The van der Waals surface area contributed by atoms with E-state index < -0.39 is 0 Å². The van der Waals surface area contributed by atoms with Crippen LogP contribution in [0.15, 0.2) is 78.9 Å². The summed E-state index contributed by atoms with van der Waals surface area (Å²) < 4.78 is 33.5. The van der Waals surface area contributed by atoms with Crippen LogP contribution >= 0.6 is 0 Å². The van der Waals surface area contributed by atoms with Crippen LogP contribution in [0.3, 0.4) is 0 Å². The van der Waals surface area contributed by atoms with Crippen molar-refractivity contribution in [2.24, 2.45) is 23.7 Å². The second-order valence-corrected chi connectivity index (χ2v) is 28.8. The van der Waals surface area contributed by atoms with Gasteiger partial charge in [-0.25, -0.2) is 13.6 Å². The molecule has 5 atom stereocenters. The van der Waals surface area contributed by atoms with Gasteiger partial charge < -0.3 is 39.0 Å². The summed E-state index contributed by atoms with van der Waals surface area (Å²) in [6, 6.07) is 26.3. The first-order valence-corrected chi connectivity index (χ1v) is 33.9. The number of ether oxygens (including phenoxy) is 1. The van der Waals surface area contributed by atoms with Gasteiger partial charge >= 0.3 is 6.09 Å². The summed E-state index contributed by atoms with van der Waals surface area (Å²) >= 11 is 0. The van der Waals surface area contributed by atoms with Crippen molar-refractivity contribution in [2.75, 3.05) is 93.3 Å². The molecular formula is C73H95F2N7O5. The summed E-state index contributed by atoms with van der Waals surface area (Å²) in [7, 11) is 0. The van der Waals surface area contributed by atoms with Crippen LogP contribution in [-0.2, 0) is 30.6 Å². The molecule has 4 aromatic carbocycles. The predicted octanol–water partition coefficient (Wildman–Crippen LogP) is 13.1. The maximum Gasteiger partial charge on any atom is 0.409 e. The Bertz CT molecular complexity index is 3210. The van der Waals surface area contributed by atoms with Gasteiger partial charge in [0.05, 0.1) is 6.61 Å². The lowest BCUT2D eigenvalue weighted by molar-refractivity contribution is -0.120. The molecule has 0 radical (unpaired) electrons. The molecule has 7 heterocycles. The molecule has 4 aromatic rings. The minimum Gasteiger partial charge on any atom is -0.450 e. The zero-order chi connectivity index (χ0) is 60.4. The molecule has 15 rings (SSSR count). The topological polar surface area (TPSA) is 100 Å². The maximum atomic E-state index is 14.4. The van der Waals surface area contributed by atoms with Crippen molar-refractivity contribution in [3.63, 3.8) is 0 Å². The number of benzene rings is 4. The number of fused-ring (bicyclic) bond motifs is 8. The Morgan fingerprint density at radius 1 is 0.563 bits per heavy atom. The van der Waals surface area contributed by atoms with E-state index >= 15 is 0 Å². The first-order chi connectivity index (χ1) is 42.0.